The van der Waals surface area contributed by atoms with Crippen molar-refractivity contribution in [2.24, 2.45) is 7.05 Å². The Labute approximate surface area is 155 Å². The molecule has 26 heavy (non-hydrogen) atoms. The smallest absolute Gasteiger partial charge is 0.354 e. The third kappa shape index (κ3) is 2.37. The van der Waals surface area contributed by atoms with Crippen molar-refractivity contribution in [1.82, 2.24) is 19.1 Å². The van der Waals surface area contributed by atoms with E-state index in [9.17, 15) is 4.79 Å². The number of hydrogen-bond donors (Lipinski definition) is 1. The van der Waals surface area contributed by atoms with Gasteiger partial charge < -0.3 is 9.88 Å². The van der Waals surface area contributed by atoms with E-state index in [2.05, 4.69) is 15.3 Å². The summed E-state index contributed by atoms with van der Waals surface area (Å²) in [6.07, 6.45) is 1.71. The van der Waals surface area contributed by atoms with Gasteiger partial charge in [-0.3, -0.25) is 9.55 Å². The largest absolute Gasteiger partial charge is 0.368 e. The Bertz CT molecular complexity index is 1210. The number of aryl methyl sites for hydroxylation is 2. The van der Waals surface area contributed by atoms with Gasteiger partial charge in [-0.2, -0.15) is 4.98 Å². The van der Waals surface area contributed by atoms with E-state index in [1.807, 2.05) is 55.8 Å². The summed E-state index contributed by atoms with van der Waals surface area (Å²) in [5.41, 5.74) is 3.73. The van der Waals surface area contributed by atoms with Gasteiger partial charge in [-0.1, -0.05) is 11.6 Å². The van der Waals surface area contributed by atoms with E-state index in [0.29, 0.717) is 23.1 Å². The number of benzene rings is 1. The molecule has 3 aromatic heterocycles. The van der Waals surface area contributed by atoms with Crippen LogP contribution in [0.1, 0.15) is 12.6 Å². The second-order valence-electron chi connectivity index (χ2n) is 6.13. The van der Waals surface area contributed by atoms with Gasteiger partial charge in [0.15, 0.2) is 5.82 Å². The molecule has 1 aromatic carbocycles. The van der Waals surface area contributed by atoms with E-state index in [1.54, 1.807) is 10.8 Å². The summed E-state index contributed by atoms with van der Waals surface area (Å²) in [7, 11) is 1.96. The summed E-state index contributed by atoms with van der Waals surface area (Å²) < 4.78 is 3.66. The average Bonchev–Trinajstić information content (AvgIpc) is 2.89. The molecule has 0 radical (unpaired) electrons. The van der Waals surface area contributed by atoms with Gasteiger partial charge in [-0.15, -0.1) is 0 Å². The molecule has 4 rings (SSSR count). The van der Waals surface area contributed by atoms with Gasteiger partial charge in [0.2, 0.25) is 0 Å². The van der Waals surface area contributed by atoms with Crippen LogP contribution in [0.3, 0.4) is 0 Å². The summed E-state index contributed by atoms with van der Waals surface area (Å²) in [5, 5.41) is 4.73. The Hall–Kier alpha value is -2.86. The van der Waals surface area contributed by atoms with Gasteiger partial charge in [-0.25, -0.2) is 4.79 Å². The normalized spacial score (nSPS) is 11.4. The summed E-state index contributed by atoms with van der Waals surface area (Å²) in [5.74, 6) is 0.570. The van der Waals surface area contributed by atoms with Crippen LogP contribution in [-0.4, -0.2) is 25.6 Å². The van der Waals surface area contributed by atoms with Crippen molar-refractivity contribution in [1.29, 1.82) is 0 Å². The Morgan fingerprint density at radius 3 is 2.77 bits per heavy atom. The van der Waals surface area contributed by atoms with Crippen LogP contribution >= 0.6 is 11.6 Å². The fourth-order valence-corrected chi connectivity index (χ4v) is 3.59. The molecular weight excluding hydrogens is 350 g/mol. The van der Waals surface area contributed by atoms with Crippen molar-refractivity contribution >= 4 is 39.4 Å². The maximum atomic E-state index is 13.0. The van der Waals surface area contributed by atoms with Crippen molar-refractivity contribution in [3.63, 3.8) is 0 Å². The maximum absolute atomic E-state index is 13.0. The first-order chi connectivity index (χ1) is 12.5. The van der Waals surface area contributed by atoms with Crippen LogP contribution in [-0.2, 0) is 7.05 Å². The minimum absolute atomic E-state index is 0.350. The van der Waals surface area contributed by atoms with Crippen molar-refractivity contribution in [2.75, 3.05) is 11.9 Å². The zero-order valence-electron chi connectivity index (χ0n) is 14.7. The summed E-state index contributed by atoms with van der Waals surface area (Å²) in [6.45, 7) is 4.52. The van der Waals surface area contributed by atoms with Crippen LogP contribution in [0, 0.1) is 6.92 Å². The molecule has 6 nitrogen and oxygen atoms in total. The van der Waals surface area contributed by atoms with Crippen LogP contribution in [0.25, 0.3) is 27.6 Å². The highest BCUT2D eigenvalue weighted by Gasteiger charge is 2.20. The van der Waals surface area contributed by atoms with Gasteiger partial charge in [0.25, 0.3) is 0 Å². The fraction of sp³-hybridized carbons (Fsp3) is 0.211. The minimum atomic E-state index is -0.350. The number of aromatic nitrogens is 4. The average molecular weight is 368 g/mol. The molecule has 3 heterocycles. The molecule has 0 aliphatic rings. The van der Waals surface area contributed by atoms with E-state index in [1.165, 1.54) is 0 Å². The molecule has 7 heteroatoms. The van der Waals surface area contributed by atoms with Crippen LogP contribution in [0.5, 0.6) is 0 Å². The van der Waals surface area contributed by atoms with Crippen LogP contribution in [0.2, 0.25) is 5.02 Å². The van der Waals surface area contributed by atoms with Gasteiger partial charge in [0.1, 0.15) is 5.52 Å². The standard InChI is InChI=1S/C19H18ClN5O/c1-4-21-18-17-16(13-10-12(20)7-8-15(13)24(17)3)25(19(26)23-18)14-6-5-9-22-11(14)2/h5-10H,4H2,1-3H3,(H,21,23,26). The fourth-order valence-electron chi connectivity index (χ4n) is 3.42. The first-order valence-corrected chi connectivity index (χ1v) is 8.77. The van der Waals surface area contributed by atoms with Crippen LogP contribution in [0.4, 0.5) is 5.82 Å². The first-order valence-electron chi connectivity index (χ1n) is 8.39. The van der Waals surface area contributed by atoms with Crippen LogP contribution in [0.15, 0.2) is 41.3 Å². The summed E-state index contributed by atoms with van der Waals surface area (Å²) >= 11 is 6.26. The lowest BCUT2D eigenvalue weighted by atomic mass is 10.2. The number of rotatable bonds is 3. The van der Waals surface area contributed by atoms with E-state index in [4.69, 9.17) is 11.6 Å². The van der Waals surface area contributed by atoms with E-state index in [-0.39, 0.29) is 5.69 Å². The molecule has 0 bridgehead atoms. The Balaban J connectivity index is 2.28. The second kappa shape index (κ2) is 6.14. The number of fused-ring (bicyclic) bond motifs is 3. The maximum Gasteiger partial charge on any atom is 0.354 e. The minimum Gasteiger partial charge on any atom is -0.368 e. The predicted octanol–water partition coefficient (Wildman–Crippen LogP) is 3.67. The summed E-state index contributed by atoms with van der Waals surface area (Å²) in [4.78, 5) is 21.6. The van der Waals surface area contributed by atoms with Crippen LogP contribution < -0.4 is 11.0 Å². The lowest BCUT2D eigenvalue weighted by Gasteiger charge is -2.13. The van der Waals surface area contributed by atoms with Gasteiger partial charge in [0.05, 0.1) is 22.4 Å². The number of halogens is 1. The third-order valence-electron chi connectivity index (χ3n) is 4.55. The zero-order valence-corrected chi connectivity index (χ0v) is 15.5. The molecule has 0 amide bonds. The highest BCUT2D eigenvalue weighted by molar-refractivity contribution is 6.31. The lowest BCUT2D eigenvalue weighted by molar-refractivity contribution is 0.921. The Kier molecular flexibility index (Phi) is 3.92. The molecule has 0 unspecified atom stereocenters. The molecule has 4 aromatic rings. The van der Waals surface area contributed by atoms with Crippen molar-refractivity contribution in [3.8, 4) is 5.69 Å². The van der Waals surface area contributed by atoms with Crippen molar-refractivity contribution in [2.45, 2.75) is 13.8 Å². The van der Waals surface area contributed by atoms with E-state index < -0.39 is 0 Å². The van der Waals surface area contributed by atoms with Gasteiger partial charge in [0, 0.05) is 30.2 Å². The number of hydrogen-bond acceptors (Lipinski definition) is 4. The second-order valence-corrected chi connectivity index (χ2v) is 6.57. The molecule has 0 atom stereocenters. The van der Waals surface area contributed by atoms with Gasteiger partial charge >= 0.3 is 5.69 Å². The zero-order chi connectivity index (χ0) is 18.4. The monoisotopic (exact) mass is 367 g/mol. The molecule has 0 aliphatic carbocycles. The topological polar surface area (TPSA) is 64.7 Å². The first kappa shape index (κ1) is 16.6. The van der Waals surface area contributed by atoms with Crippen molar-refractivity contribution in [3.05, 3.63) is 57.7 Å². The molecule has 0 spiro atoms. The molecule has 132 valence electrons. The number of nitrogens with zero attached hydrogens (tertiary/aromatic N) is 4. The predicted molar refractivity (Wildman–Crippen MR) is 106 cm³/mol. The van der Waals surface area contributed by atoms with Gasteiger partial charge in [-0.05, 0) is 44.2 Å². The molecule has 0 aliphatic heterocycles. The van der Waals surface area contributed by atoms with E-state index >= 15 is 0 Å². The van der Waals surface area contributed by atoms with E-state index in [0.717, 1.165) is 27.6 Å². The third-order valence-corrected chi connectivity index (χ3v) is 4.78. The SMILES string of the molecule is CCNc1nc(=O)n(-c2cccnc2C)c2c3cc(Cl)ccc3n(C)c12. The quantitative estimate of drug-likeness (QED) is 0.600. The number of pyridine rings is 1. The Morgan fingerprint density at radius 1 is 1.23 bits per heavy atom. The molecule has 0 saturated carbocycles. The Morgan fingerprint density at radius 2 is 2.04 bits per heavy atom. The lowest BCUT2D eigenvalue weighted by Crippen LogP contribution is -2.24. The summed E-state index contributed by atoms with van der Waals surface area (Å²) in [6, 6.07) is 9.38. The molecular formula is C19H18ClN5O. The molecule has 1 N–H and O–H groups in total. The molecule has 0 fully saturated rings. The number of anilines is 1. The van der Waals surface area contributed by atoms with Crippen molar-refractivity contribution < 1.29 is 0 Å². The highest BCUT2D eigenvalue weighted by atomic mass is 35.5. The molecule has 0 saturated heterocycles. The number of nitrogens with one attached hydrogen (secondary N) is 1. The highest BCUT2D eigenvalue weighted by Crippen LogP contribution is 2.33.